The number of carbonyl (C=O) groups is 2. The van der Waals surface area contributed by atoms with E-state index in [1.54, 1.807) is 17.8 Å². The second-order valence-electron chi connectivity index (χ2n) is 10.2. The Balaban J connectivity index is 1.60. The largest absolute Gasteiger partial charge is 0.493 e. The molecule has 2 N–H and O–H groups in total. The van der Waals surface area contributed by atoms with Crippen molar-refractivity contribution in [3.05, 3.63) is 88.5 Å². The van der Waals surface area contributed by atoms with Crippen LogP contribution in [0.5, 0.6) is 5.75 Å². The number of aliphatic carboxylic acids is 1. The molecule has 7 heteroatoms. The van der Waals surface area contributed by atoms with Crippen molar-refractivity contribution < 1.29 is 24.2 Å². The van der Waals surface area contributed by atoms with Crippen molar-refractivity contribution in [1.29, 1.82) is 0 Å². The second kappa shape index (κ2) is 14.4. The van der Waals surface area contributed by atoms with Gasteiger partial charge in [0, 0.05) is 12.0 Å². The number of carboxylic acid groups (broad SMARTS) is 1. The monoisotopic (exact) mass is 561 g/mol. The standard InChI is InChI=1S/C33H39NO5S/c1-4-5-10-30(24-12-14-31-25(20-24)15-17-38-31)39-21-23-11-13-27(28(19-23)26-9-7-6-8-22(26)2)32(35)34-29(33(36)37)16-18-40-3/h6-9,11-14,19-20,29-30H,4-5,10,15-18,21H2,1-3H3,(H,34,35)(H,36,37)/t29-,30+/m0/s1. The molecule has 0 radical (unpaired) electrons. The van der Waals surface area contributed by atoms with Gasteiger partial charge in [-0.3, -0.25) is 4.79 Å². The first kappa shape index (κ1) is 29.7. The molecule has 1 aliphatic heterocycles. The average molecular weight is 562 g/mol. The van der Waals surface area contributed by atoms with Crippen LogP contribution in [0, 0.1) is 6.92 Å². The highest BCUT2D eigenvalue weighted by atomic mass is 32.2. The summed E-state index contributed by atoms with van der Waals surface area (Å²) in [5.41, 5.74) is 6.55. The van der Waals surface area contributed by atoms with Crippen LogP contribution in [0.25, 0.3) is 11.1 Å². The molecule has 212 valence electrons. The molecule has 0 unspecified atom stereocenters. The Morgan fingerprint density at radius 2 is 1.90 bits per heavy atom. The molecule has 1 heterocycles. The Labute approximate surface area is 241 Å². The molecule has 0 spiro atoms. The van der Waals surface area contributed by atoms with Crippen LogP contribution in [0.3, 0.4) is 0 Å². The molecular weight excluding hydrogens is 522 g/mol. The number of hydrogen-bond acceptors (Lipinski definition) is 5. The molecule has 6 nitrogen and oxygen atoms in total. The smallest absolute Gasteiger partial charge is 0.326 e. The van der Waals surface area contributed by atoms with Crippen LogP contribution in [-0.2, 0) is 22.6 Å². The van der Waals surface area contributed by atoms with Gasteiger partial charge in [-0.05, 0) is 89.4 Å². The predicted molar refractivity (Wildman–Crippen MR) is 161 cm³/mol. The van der Waals surface area contributed by atoms with E-state index in [0.29, 0.717) is 24.3 Å². The topological polar surface area (TPSA) is 84.9 Å². The first-order chi connectivity index (χ1) is 19.4. The van der Waals surface area contributed by atoms with Crippen LogP contribution in [-0.4, -0.2) is 41.6 Å². The highest BCUT2D eigenvalue weighted by molar-refractivity contribution is 7.98. The van der Waals surface area contributed by atoms with Gasteiger partial charge >= 0.3 is 5.97 Å². The van der Waals surface area contributed by atoms with Gasteiger partial charge in [0.25, 0.3) is 5.91 Å². The third-order valence-corrected chi connectivity index (χ3v) is 7.98. The highest BCUT2D eigenvalue weighted by Crippen LogP contribution is 2.33. The van der Waals surface area contributed by atoms with Gasteiger partial charge in [-0.1, -0.05) is 56.2 Å². The second-order valence-corrected chi connectivity index (χ2v) is 11.2. The van der Waals surface area contributed by atoms with E-state index in [9.17, 15) is 14.7 Å². The van der Waals surface area contributed by atoms with Gasteiger partial charge in [0.05, 0.1) is 19.3 Å². The normalized spacial score (nSPS) is 13.8. The fraction of sp³-hybridized carbons (Fsp3) is 0.394. The van der Waals surface area contributed by atoms with E-state index >= 15 is 0 Å². The van der Waals surface area contributed by atoms with E-state index in [1.165, 1.54) is 5.56 Å². The number of fused-ring (bicyclic) bond motifs is 1. The molecule has 0 saturated heterocycles. The van der Waals surface area contributed by atoms with Crippen LogP contribution in [0.15, 0.2) is 60.7 Å². The van der Waals surface area contributed by atoms with Gasteiger partial charge in [-0.25, -0.2) is 4.79 Å². The summed E-state index contributed by atoms with van der Waals surface area (Å²) < 4.78 is 12.2. The van der Waals surface area contributed by atoms with Crippen molar-refractivity contribution in [3.63, 3.8) is 0 Å². The summed E-state index contributed by atoms with van der Waals surface area (Å²) in [6, 6.07) is 19.0. The van der Waals surface area contributed by atoms with E-state index in [1.807, 2.05) is 55.6 Å². The number of unbranched alkanes of at least 4 members (excludes halogenated alkanes) is 1. The zero-order chi connectivity index (χ0) is 28.5. The SMILES string of the molecule is CCCC[C@@H](OCc1ccc(C(=O)N[C@@H](CCSC)C(=O)O)c(-c2ccccc2C)c1)c1ccc2c(c1)CCO2. The molecule has 1 amide bonds. The van der Waals surface area contributed by atoms with Gasteiger partial charge in [0.2, 0.25) is 0 Å². The maximum absolute atomic E-state index is 13.4. The lowest BCUT2D eigenvalue weighted by Gasteiger charge is -2.20. The Morgan fingerprint density at radius 1 is 1.07 bits per heavy atom. The van der Waals surface area contributed by atoms with E-state index in [0.717, 1.165) is 65.9 Å². The summed E-state index contributed by atoms with van der Waals surface area (Å²) in [7, 11) is 0. The lowest BCUT2D eigenvalue weighted by Crippen LogP contribution is -2.41. The Kier molecular flexibility index (Phi) is 10.7. The molecule has 2 atom stereocenters. The van der Waals surface area contributed by atoms with Crippen LogP contribution >= 0.6 is 11.8 Å². The van der Waals surface area contributed by atoms with Gasteiger partial charge in [0.15, 0.2) is 0 Å². The summed E-state index contributed by atoms with van der Waals surface area (Å²) in [5.74, 6) is 0.198. The van der Waals surface area contributed by atoms with Crippen molar-refractivity contribution in [1.82, 2.24) is 5.32 Å². The fourth-order valence-corrected chi connectivity index (χ4v) is 5.52. The Hall–Kier alpha value is -3.29. The van der Waals surface area contributed by atoms with Crippen molar-refractivity contribution in [2.45, 2.75) is 64.7 Å². The van der Waals surface area contributed by atoms with Gasteiger partial charge in [-0.15, -0.1) is 0 Å². The molecule has 1 aliphatic rings. The number of ether oxygens (including phenoxy) is 2. The highest BCUT2D eigenvalue weighted by Gasteiger charge is 2.23. The molecule has 0 fully saturated rings. The van der Waals surface area contributed by atoms with Gasteiger partial charge in [-0.2, -0.15) is 11.8 Å². The summed E-state index contributed by atoms with van der Waals surface area (Å²) in [5, 5.41) is 12.4. The Morgan fingerprint density at radius 3 is 2.65 bits per heavy atom. The number of aryl methyl sites for hydroxylation is 1. The van der Waals surface area contributed by atoms with E-state index in [-0.39, 0.29) is 12.0 Å². The van der Waals surface area contributed by atoms with Gasteiger partial charge in [0.1, 0.15) is 11.8 Å². The first-order valence-corrected chi connectivity index (χ1v) is 15.4. The lowest BCUT2D eigenvalue weighted by atomic mass is 9.93. The van der Waals surface area contributed by atoms with Crippen LogP contribution in [0.4, 0.5) is 0 Å². The molecular formula is C33H39NO5S. The van der Waals surface area contributed by atoms with Crippen molar-refractivity contribution in [3.8, 4) is 16.9 Å². The van der Waals surface area contributed by atoms with E-state index < -0.39 is 12.0 Å². The quantitative estimate of drug-likeness (QED) is 0.221. The number of thioether (sulfide) groups is 1. The zero-order valence-electron chi connectivity index (χ0n) is 23.6. The number of amides is 1. The fourth-order valence-electron chi connectivity index (χ4n) is 5.05. The molecule has 3 aromatic carbocycles. The van der Waals surface area contributed by atoms with E-state index in [2.05, 4.69) is 24.4 Å². The van der Waals surface area contributed by atoms with Crippen molar-refractivity contribution in [2.24, 2.45) is 0 Å². The van der Waals surface area contributed by atoms with Crippen molar-refractivity contribution >= 4 is 23.6 Å². The molecule has 40 heavy (non-hydrogen) atoms. The number of hydrogen-bond donors (Lipinski definition) is 2. The molecule has 0 saturated carbocycles. The molecule has 4 rings (SSSR count). The lowest BCUT2D eigenvalue weighted by molar-refractivity contribution is -0.139. The summed E-state index contributed by atoms with van der Waals surface area (Å²) >= 11 is 1.56. The minimum absolute atomic E-state index is 0.0384. The number of carboxylic acids is 1. The number of rotatable bonds is 14. The first-order valence-electron chi connectivity index (χ1n) is 14.0. The molecule has 0 aromatic heterocycles. The molecule has 0 bridgehead atoms. The van der Waals surface area contributed by atoms with Crippen LogP contribution < -0.4 is 10.1 Å². The van der Waals surface area contributed by atoms with Crippen LogP contribution in [0.2, 0.25) is 0 Å². The van der Waals surface area contributed by atoms with Crippen LogP contribution in [0.1, 0.15) is 71.3 Å². The summed E-state index contributed by atoms with van der Waals surface area (Å²) in [6.07, 6.45) is 6.24. The third kappa shape index (κ3) is 7.46. The summed E-state index contributed by atoms with van der Waals surface area (Å²) in [4.78, 5) is 25.2. The third-order valence-electron chi connectivity index (χ3n) is 7.33. The van der Waals surface area contributed by atoms with Crippen molar-refractivity contribution in [2.75, 3.05) is 18.6 Å². The van der Waals surface area contributed by atoms with E-state index in [4.69, 9.17) is 9.47 Å². The number of benzene rings is 3. The Bertz CT molecular complexity index is 1320. The summed E-state index contributed by atoms with van der Waals surface area (Å²) in [6.45, 7) is 5.32. The number of nitrogens with one attached hydrogen (secondary N) is 1. The average Bonchev–Trinajstić information content (AvgIpc) is 3.43. The maximum atomic E-state index is 13.4. The minimum atomic E-state index is -1.03. The predicted octanol–water partition coefficient (Wildman–Crippen LogP) is 6.98. The molecule has 0 aliphatic carbocycles. The number of carbonyl (C=O) groups excluding carboxylic acids is 1. The zero-order valence-corrected chi connectivity index (χ0v) is 24.4. The maximum Gasteiger partial charge on any atom is 0.326 e. The molecule has 3 aromatic rings. The van der Waals surface area contributed by atoms with Gasteiger partial charge < -0.3 is 19.9 Å². The minimum Gasteiger partial charge on any atom is -0.493 e.